The van der Waals surface area contributed by atoms with Gasteiger partial charge in [0, 0.05) is 56.1 Å². The number of carbonyl (C=O) groups excluding carboxylic acids is 1. The van der Waals surface area contributed by atoms with Gasteiger partial charge in [-0.15, -0.1) is 0 Å². The third kappa shape index (κ3) is 5.34. The van der Waals surface area contributed by atoms with E-state index in [1.165, 1.54) is 0 Å². The van der Waals surface area contributed by atoms with Gasteiger partial charge in [-0.2, -0.15) is 4.98 Å². The van der Waals surface area contributed by atoms with Gasteiger partial charge in [0.25, 0.3) is 0 Å². The van der Waals surface area contributed by atoms with Crippen molar-refractivity contribution in [3.05, 3.63) is 59.2 Å². The Balaban J connectivity index is 1.45. The highest BCUT2D eigenvalue weighted by Gasteiger charge is 2.29. The first-order valence-electron chi connectivity index (χ1n) is 13.0. The lowest BCUT2D eigenvalue weighted by Gasteiger charge is -2.41. The maximum absolute atomic E-state index is 12.1. The molecule has 2 atom stereocenters. The quantitative estimate of drug-likeness (QED) is 0.417. The topological polar surface area (TPSA) is 74.7 Å². The molecule has 0 radical (unpaired) electrons. The summed E-state index contributed by atoms with van der Waals surface area (Å²) in [6.07, 6.45) is 4.06. The summed E-state index contributed by atoms with van der Waals surface area (Å²) in [5.74, 6) is 2.18. The van der Waals surface area contributed by atoms with Gasteiger partial charge in [-0.3, -0.25) is 0 Å². The molecule has 2 fully saturated rings. The molecule has 2 saturated heterocycles. The summed E-state index contributed by atoms with van der Waals surface area (Å²) in [6, 6.07) is 13.8. The first-order valence-corrected chi connectivity index (χ1v) is 13.4. The third-order valence-electron chi connectivity index (χ3n) is 7.16. The third-order valence-corrected chi connectivity index (χ3v) is 7.46. The molecule has 2 aromatic heterocycles. The molecular weight excluding hydrogens is 488 g/mol. The number of hydrogen-bond acceptors (Lipinski definition) is 8. The Morgan fingerprint density at radius 1 is 1.05 bits per heavy atom. The zero-order chi connectivity index (χ0) is 25.9. The van der Waals surface area contributed by atoms with Gasteiger partial charge in [-0.1, -0.05) is 23.7 Å². The molecule has 2 aliphatic heterocycles. The fourth-order valence-electron chi connectivity index (χ4n) is 5.17. The van der Waals surface area contributed by atoms with E-state index < -0.39 is 0 Å². The zero-order valence-electron chi connectivity index (χ0n) is 21.6. The Labute approximate surface area is 223 Å². The van der Waals surface area contributed by atoms with Crippen molar-refractivity contribution >= 4 is 35.2 Å². The van der Waals surface area contributed by atoms with Crippen LogP contribution in [0.4, 0.5) is 17.6 Å². The number of esters is 1. The minimum atomic E-state index is -0.316. The highest BCUT2D eigenvalue weighted by molar-refractivity contribution is 6.32. The number of benzene rings is 1. The molecule has 3 aromatic rings. The van der Waals surface area contributed by atoms with Crippen LogP contribution in [0.1, 0.15) is 44.0 Å². The second kappa shape index (κ2) is 10.9. The Bertz CT molecular complexity index is 1250. The molecule has 0 bridgehead atoms. The fourth-order valence-corrected chi connectivity index (χ4v) is 5.41. The molecule has 5 rings (SSSR count). The van der Waals surface area contributed by atoms with Gasteiger partial charge in [0.1, 0.15) is 11.6 Å². The van der Waals surface area contributed by atoms with Crippen LogP contribution >= 0.6 is 11.6 Å². The smallest absolute Gasteiger partial charge is 0.338 e. The summed E-state index contributed by atoms with van der Waals surface area (Å²) in [5.41, 5.74) is 2.32. The van der Waals surface area contributed by atoms with E-state index in [1.807, 2.05) is 24.3 Å². The normalized spacial score (nSPS) is 19.8. The number of carbonyl (C=O) groups is 1. The van der Waals surface area contributed by atoms with Crippen molar-refractivity contribution in [2.75, 3.05) is 47.5 Å². The van der Waals surface area contributed by atoms with Crippen molar-refractivity contribution in [2.24, 2.45) is 0 Å². The molecule has 0 aliphatic carbocycles. The van der Waals surface area contributed by atoms with Gasteiger partial charge in [-0.05, 0) is 57.9 Å². The van der Waals surface area contributed by atoms with Crippen molar-refractivity contribution in [1.29, 1.82) is 0 Å². The average molecular weight is 521 g/mol. The number of piperazine rings is 1. The highest BCUT2D eigenvalue weighted by Crippen LogP contribution is 2.32. The van der Waals surface area contributed by atoms with E-state index in [2.05, 4.69) is 39.6 Å². The molecule has 2 aliphatic rings. The average Bonchev–Trinajstić information content (AvgIpc) is 3.34. The van der Waals surface area contributed by atoms with Crippen molar-refractivity contribution in [3.8, 4) is 11.3 Å². The van der Waals surface area contributed by atoms with Crippen molar-refractivity contribution in [1.82, 2.24) is 15.0 Å². The summed E-state index contributed by atoms with van der Waals surface area (Å²) in [6.45, 7) is 9.93. The van der Waals surface area contributed by atoms with Crippen LogP contribution in [0, 0.1) is 0 Å². The molecule has 0 N–H and O–H groups in total. The van der Waals surface area contributed by atoms with Crippen LogP contribution in [0.3, 0.4) is 0 Å². The number of aromatic nitrogens is 3. The number of rotatable bonds is 6. The van der Waals surface area contributed by atoms with Crippen LogP contribution in [0.2, 0.25) is 5.02 Å². The van der Waals surface area contributed by atoms with E-state index in [4.69, 9.17) is 26.3 Å². The molecule has 37 heavy (non-hydrogen) atoms. The summed E-state index contributed by atoms with van der Waals surface area (Å²) in [5, 5.41) is 0.670. The van der Waals surface area contributed by atoms with Crippen molar-refractivity contribution in [3.63, 3.8) is 0 Å². The Kier molecular flexibility index (Phi) is 7.46. The monoisotopic (exact) mass is 520 g/mol. The SMILES string of the molecule is CCOC(=O)c1ccc(-c2cc(N3CCN(c4ncccc4Cl)C[C@H]3C)nc(N3CCCC3C)n2)cc1. The van der Waals surface area contributed by atoms with Crippen LogP contribution in [0.5, 0.6) is 0 Å². The molecule has 194 valence electrons. The van der Waals surface area contributed by atoms with E-state index in [-0.39, 0.29) is 12.0 Å². The maximum atomic E-state index is 12.1. The summed E-state index contributed by atoms with van der Waals surface area (Å²) in [4.78, 5) is 33.5. The molecule has 0 spiro atoms. The van der Waals surface area contributed by atoms with E-state index >= 15 is 0 Å². The lowest BCUT2D eigenvalue weighted by Crippen LogP contribution is -2.52. The van der Waals surface area contributed by atoms with Crippen molar-refractivity contribution in [2.45, 2.75) is 45.7 Å². The second-order valence-electron chi connectivity index (χ2n) is 9.69. The predicted octanol–water partition coefficient (Wildman–Crippen LogP) is 5.07. The summed E-state index contributed by atoms with van der Waals surface area (Å²) >= 11 is 6.43. The number of hydrogen-bond donors (Lipinski definition) is 0. The second-order valence-corrected chi connectivity index (χ2v) is 10.1. The van der Waals surface area contributed by atoms with Crippen LogP contribution < -0.4 is 14.7 Å². The number of anilines is 3. The van der Waals surface area contributed by atoms with Crippen LogP contribution in [-0.2, 0) is 4.74 Å². The van der Waals surface area contributed by atoms with E-state index in [9.17, 15) is 4.79 Å². The highest BCUT2D eigenvalue weighted by atomic mass is 35.5. The standard InChI is InChI=1S/C28H33ClN6O2/c1-4-37-27(36)22-11-9-21(10-12-22)24-17-25(32-28(31-24)35-14-6-7-19(35)2)34-16-15-33(18-20(34)3)26-23(29)8-5-13-30-26/h5,8-13,17,19-20H,4,6-7,14-16,18H2,1-3H3/t19?,20-/m1/s1. The first kappa shape index (κ1) is 25.3. The van der Waals surface area contributed by atoms with Gasteiger partial charge in [0.2, 0.25) is 5.95 Å². The largest absolute Gasteiger partial charge is 0.462 e. The number of ether oxygens (including phenoxy) is 1. The van der Waals surface area contributed by atoms with Gasteiger partial charge in [0.05, 0.1) is 22.9 Å². The number of halogens is 1. The van der Waals surface area contributed by atoms with Crippen molar-refractivity contribution < 1.29 is 9.53 Å². The van der Waals surface area contributed by atoms with Crippen LogP contribution in [-0.4, -0.2) is 65.8 Å². The molecular formula is C28H33ClN6O2. The van der Waals surface area contributed by atoms with Crippen LogP contribution in [0.15, 0.2) is 48.7 Å². The maximum Gasteiger partial charge on any atom is 0.338 e. The molecule has 1 unspecified atom stereocenters. The van der Waals surface area contributed by atoms with E-state index in [0.29, 0.717) is 23.2 Å². The van der Waals surface area contributed by atoms with Gasteiger partial charge in [-0.25, -0.2) is 14.8 Å². The van der Waals surface area contributed by atoms with Gasteiger partial charge in [0.15, 0.2) is 0 Å². The minimum Gasteiger partial charge on any atom is -0.462 e. The fraction of sp³-hybridized carbons (Fsp3) is 0.429. The summed E-state index contributed by atoms with van der Waals surface area (Å²) < 4.78 is 5.14. The summed E-state index contributed by atoms with van der Waals surface area (Å²) in [7, 11) is 0. The molecule has 8 nitrogen and oxygen atoms in total. The zero-order valence-corrected chi connectivity index (χ0v) is 22.4. The molecule has 4 heterocycles. The van der Waals surface area contributed by atoms with E-state index in [0.717, 1.165) is 67.9 Å². The minimum absolute atomic E-state index is 0.199. The molecule has 0 amide bonds. The number of nitrogens with zero attached hydrogens (tertiary/aromatic N) is 6. The Morgan fingerprint density at radius 2 is 1.86 bits per heavy atom. The lowest BCUT2D eigenvalue weighted by atomic mass is 10.1. The Morgan fingerprint density at radius 3 is 2.54 bits per heavy atom. The lowest BCUT2D eigenvalue weighted by molar-refractivity contribution is 0.0526. The first-order chi connectivity index (χ1) is 17.9. The Hall–Kier alpha value is -3.39. The molecule has 1 aromatic carbocycles. The van der Waals surface area contributed by atoms with Gasteiger partial charge < -0.3 is 19.4 Å². The number of pyridine rings is 1. The molecule has 0 saturated carbocycles. The van der Waals surface area contributed by atoms with E-state index in [1.54, 1.807) is 25.3 Å². The molecule has 9 heteroatoms. The van der Waals surface area contributed by atoms with Gasteiger partial charge >= 0.3 is 5.97 Å². The van der Waals surface area contributed by atoms with Crippen LogP contribution in [0.25, 0.3) is 11.3 Å². The predicted molar refractivity (Wildman–Crippen MR) is 148 cm³/mol.